The van der Waals surface area contributed by atoms with Crippen LogP contribution in [0.3, 0.4) is 0 Å². The summed E-state index contributed by atoms with van der Waals surface area (Å²) in [6.45, 7) is 6.96. The Kier molecular flexibility index (Phi) is 3.61. The first-order chi connectivity index (χ1) is 8.42. The fourth-order valence-corrected chi connectivity index (χ4v) is 2.50. The summed E-state index contributed by atoms with van der Waals surface area (Å²) in [5.74, 6) is -0.876. The van der Waals surface area contributed by atoms with E-state index in [1.54, 1.807) is 0 Å². The molecule has 0 aromatic carbocycles. The van der Waals surface area contributed by atoms with Crippen LogP contribution in [0.1, 0.15) is 33.6 Å². The van der Waals surface area contributed by atoms with Gasteiger partial charge in [0.2, 0.25) is 6.10 Å². The number of carbonyl (C=O) groups is 2. The van der Waals surface area contributed by atoms with E-state index in [-0.39, 0.29) is 17.9 Å². The summed E-state index contributed by atoms with van der Waals surface area (Å²) >= 11 is 0. The molecule has 2 rings (SSSR count). The van der Waals surface area contributed by atoms with Gasteiger partial charge in [0.1, 0.15) is 6.61 Å². The Bertz CT molecular complexity index is 353. The van der Waals surface area contributed by atoms with Crippen LogP contribution in [-0.4, -0.2) is 37.2 Å². The topological polar surface area (TPSA) is 64.6 Å². The van der Waals surface area contributed by atoms with Gasteiger partial charge in [0.15, 0.2) is 0 Å². The summed E-state index contributed by atoms with van der Waals surface area (Å²) in [4.78, 5) is 23.7. The maximum absolute atomic E-state index is 12.1. The smallest absolute Gasteiger partial charge is 0.348 e. The van der Waals surface area contributed by atoms with Crippen LogP contribution in [-0.2, 0) is 19.1 Å². The van der Waals surface area contributed by atoms with Crippen molar-refractivity contribution in [1.82, 2.24) is 5.32 Å². The summed E-state index contributed by atoms with van der Waals surface area (Å²) in [5, 5.41) is 3.25. The lowest BCUT2D eigenvalue weighted by molar-refractivity contribution is -0.167. The normalized spacial score (nSPS) is 35.1. The first-order valence-corrected chi connectivity index (χ1v) is 6.52. The fourth-order valence-electron chi connectivity index (χ4n) is 2.50. The number of rotatable bonds is 2. The van der Waals surface area contributed by atoms with E-state index in [2.05, 4.69) is 5.32 Å². The van der Waals surface area contributed by atoms with Crippen LogP contribution in [0.25, 0.3) is 0 Å². The van der Waals surface area contributed by atoms with E-state index in [0.29, 0.717) is 6.61 Å². The Morgan fingerprint density at radius 2 is 2.22 bits per heavy atom. The van der Waals surface area contributed by atoms with Gasteiger partial charge in [-0.15, -0.1) is 0 Å². The van der Waals surface area contributed by atoms with Gasteiger partial charge in [-0.2, -0.15) is 0 Å². The van der Waals surface area contributed by atoms with Gasteiger partial charge in [-0.1, -0.05) is 13.8 Å². The summed E-state index contributed by atoms with van der Waals surface area (Å²) in [6, 6.07) is 0.104. The van der Waals surface area contributed by atoms with Crippen LogP contribution < -0.4 is 5.32 Å². The maximum atomic E-state index is 12.1. The average Bonchev–Trinajstić information content (AvgIpc) is 2.56. The zero-order valence-corrected chi connectivity index (χ0v) is 11.2. The molecule has 0 spiro atoms. The van der Waals surface area contributed by atoms with Crippen LogP contribution >= 0.6 is 0 Å². The van der Waals surface area contributed by atoms with Gasteiger partial charge in [0.05, 0.1) is 5.92 Å². The SMILES string of the molecule is C[C@H]1NCCC[C@H]1C(=O)O[C@H]1C(=O)OCC1(C)C. The van der Waals surface area contributed by atoms with E-state index >= 15 is 0 Å². The highest BCUT2D eigenvalue weighted by atomic mass is 16.6. The lowest BCUT2D eigenvalue weighted by Crippen LogP contribution is -2.45. The molecule has 2 saturated heterocycles. The Labute approximate surface area is 107 Å². The van der Waals surface area contributed by atoms with Crippen molar-refractivity contribution >= 4 is 11.9 Å². The van der Waals surface area contributed by atoms with E-state index in [4.69, 9.17) is 9.47 Å². The maximum Gasteiger partial charge on any atom is 0.348 e. The molecule has 0 saturated carbocycles. The van der Waals surface area contributed by atoms with Crippen LogP contribution in [0, 0.1) is 11.3 Å². The van der Waals surface area contributed by atoms with E-state index in [1.807, 2.05) is 20.8 Å². The predicted molar refractivity (Wildman–Crippen MR) is 64.8 cm³/mol. The summed E-state index contributed by atoms with van der Waals surface area (Å²) in [6.07, 6.45) is 1.01. The first-order valence-electron chi connectivity index (χ1n) is 6.52. The Morgan fingerprint density at radius 3 is 2.78 bits per heavy atom. The number of piperidine rings is 1. The highest BCUT2D eigenvalue weighted by Crippen LogP contribution is 2.32. The van der Waals surface area contributed by atoms with E-state index in [9.17, 15) is 9.59 Å². The molecule has 5 heteroatoms. The molecule has 0 unspecified atom stereocenters. The molecule has 0 aliphatic carbocycles. The number of cyclic esters (lactones) is 1. The Hall–Kier alpha value is -1.10. The first kappa shape index (κ1) is 13.3. The predicted octanol–water partition coefficient (Wildman–Crippen LogP) is 0.869. The van der Waals surface area contributed by atoms with Crippen molar-refractivity contribution in [2.24, 2.45) is 11.3 Å². The third-order valence-corrected chi connectivity index (χ3v) is 3.81. The molecular weight excluding hydrogens is 234 g/mol. The van der Waals surface area contributed by atoms with Gasteiger partial charge in [-0.3, -0.25) is 4.79 Å². The zero-order chi connectivity index (χ0) is 13.3. The fraction of sp³-hybridized carbons (Fsp3) is 0.846. The quantitative estimate of drug-likeness (QED) is 0.742. The van der Waals surface area contributed by atoms with Crippen molar-refractivity contribution in [2.45, 2.75) is 45.8 Å². The molecule has 2 fully saturated rings. The number of hydrogen-bond donors (Lipinski definition) is 1. The van der Waals surface area contributed by atoms with Crippen molar-refractivity contribution in [3.8, 4) is 0 Å². The van der Waals surface area contributed by atoms with Crippen molar-refractivity contribution in [1.29, 1.82) is 0 Å². The van der Waals surface area contributed by atoms with E-state index in [0.717, 1.165) is 19.4 Å². The van der Waals surface area contributed by atoms with Crippen LogP contribution in [0.15, 0.2) is 0 Å². The molecular formula is C13H21NO4. The Morgan fingerprint density at radius 1 is 1.50 bits per heavy atom. The van der Waals surface area contributed by atoms with Gasteiger partial charge in [-0.25, -0.2) is 4.79 Å². The number of hydrogen-bond acceptors (Lipinski definition) is 5. The van der Waals surface area contributed by atoms with Crippen molar-refractivity contribution in [3.05, 3.63) is 0 Å². The third-order valence-electron chi connectivity index (χ3n) is 3.81. The molecule has 2 heterocycles. The van der Waals surface area contributed by atoms with Crippen molar-refractivity contribution < 1.29 is 19.1 Å². The molecule has 0 amide bonds. The number of ether oxygens (including phenoxy) is 2. The largest absolute Gasteiger partial charge is 0.462 e. The summed E-state index contributed by atoms with van der Waals surface area (Å²) in [5.41, 5.74) is -0.432. The zero-order valence-electron chi connectivity index (χ0n) is 11.2. The average molecular weight is 255 g/mol. The molecule has 2 aliphatic rings. The summed E-state index contributed by atoms with van der Waals surface area (Å²) < 4.78 is 10.4. The highest BCUT2D eigenvalue weighted by Gasteiger charge is 2.47. The molecule has 1 N–H and O–H groups in total. The highest BCUT2D eigenvalue weighted by molar-refractivity contribution is 5.82. The molecule has 0 bridgehead atoms. The van der Waals surface area contributed by atoms with Crippen molar-refractivity contribution in [3.63, 3.8) is 0 Å². The monoisotopic (exact) mass is 255 g/mol. The standard InChI is InChI=1S/C13H21NO4/c1-8-9(5-4-6-14-8)11(15)18-10-12(16)17-7-13(10,2)3/h8-10,14H,4-7H2,1-3H3/t8-,9-,10+/m1/s1. The molecule has 0 radical (unpaired) electrons. The minimum atomic E-state index is -0.765. The number of esters is 2. The molecule has 102 valence electrons. The number of nitrogens with one attached hydrogen (secondary N) is 1. The van der Waals surface area contributed by atoms with E-state index in [1.165, 1.54) is 0 Å². The van der Waals surface area contributed by atoms with Gasteiger partial charge in [0.25, 0.3) is 0 Å². The van der Waals surface area contributed by atoms with Gasteiger partial charge in [-0.05, 0) is 26.3 Å². The molecule has 0 aromatic heterocycles. The Balaban J connectivity index is 2.00. The number of carbonyl (C=O) groups excluding carboxylic acids is 2. The van der Waals surface area contributed by atoms with Crippen LogP contribution in [0.5, 0.6) is 0 Å². The molecule has 0 aromatic rings. The minimum Gasteiger partial charge on any atom is -0.462 e. The van der Waals surface area contributed by atoms with Crippen LogP contribution in [0.4, 0.5) is 0 Å². The lowest BCUT2D eigenvalue weighted by Gasteiger charge is -2.30. The lowest BCUT2D eigenvalue weighted by atomic mass is 9.88. The molecule has 3 atom stereocenters. The molecule has 5 nitrogen and oxygen atoms in total. The van der Waals surface area contributed by atoms with Gasteiger partial charge >= 0.3 is 11.9 Å². The van der Waals surface area contributed by atoms with E-state index < -0.39 is 17.5 Å². The van der Waals surface area contributed by atoms with Crippen LogP contribution in [0.2, 0.25) is 0 Å². The van der Waals surface area contributed by atoms with Crippen molar-refractivity contribution in [2.75, 3.05) is 13.2 Å². The molecule has 2 aliphatic heterocycles. The second kappa shape index (κ2) is 4.88. The van der Waals surface area contributed by atoms with Gasteiger partial charge < -0.3 is 14.8 Å². The third kappa shape index (κ3) is 2.51. The van der Waals surface area contributed by atoms with Gasteiger partial charge in [0, 0.05) is 11.5 Å². The second-order valence-corrected chi connectivity index (χ2v) is 5.90. The minimum absolute atomic E-state index is 0.104. The summed E-state index contributed by atoms with van der Waals surface area (Å²) in [7, 11) is 0. The molecule has 18 heavy (non-hydrogen) atoms. The second-order valence-electron chi connectivity index (χ2n) is 5.90.